The number of imide groups is 2. The van der Waals surface area contributed by atoms with E-state index >= 15 is 0 Å². The molecule has 172 valence electrons. The molecule has 0 aliphatic carbocycles. The Morgan fingerprint density at radius 3 is 2.29 bits per heavy atom. The van der Waals surface area contributed by atoms with E-state index in [0.717, 1.165) is 27.5 Å². The van der Waals surface area contributed by atoms with E-state index in [0.29, 0.717) is 16.8 Å². The molecule has 0 spiro atoms. The second kappa shape index (κ2) is 8.82. The molecule has 1 aliphatic rings. The van der Waals surface area contributed by atoms with Crippen molar-refractivity contribution < 1.29 is 23.9 Å². The highest BCUT2D eigenvalue weighted by molar-refractivity contribution is 6.39. The van der Waals surface area contributed by atoms with Crippen molar-refractivity contribution in [3.05, 3.63) is 88.2 Å². The fourth-order valence-electron chi connectivity index (χ4n) is 4.04. The van der Waals surface area contributed by atoms with Crippen LogP contribution in [0.2, 0.25) is 0 Å². The van der Waals surface area contributed by atoms with Crippen LogP contribution in [0.15, 0.2) is 60.2 Å². The largest absolute Gasteiger partial charge is 0.465 e. The molecule has 0 radical (unpaired) electrons. The maximum Gasteiger partial charge on any atom is 0.337 e. The monoisotopic (exact) mass is 457 g/mol. The zero-order chi connectivity index (χ0) is 24.6. The molecule has 0 unspecified atom stereocenters. The quantitative estimate of drug-likeness (QED) is 0.365. The number of hydrogen-bond acceptors (Lipinski definition) is 5. The molecule has 1 aromatic heterocycles. The Hall–Kier alpha value is -4.46. The summed E-state index contributed by atoms with van der Waals surface area (Å²) in [7, 11) is 1.33. The average Bonchev–Trinajstić information content (AvgIpc) is 3.10. The van der Waals surface area contributed by atoms with Crippen LogP contribution in [0.1, 0.15) is 32.9 Å². The minimum atomic E-state index is -0.780. The first-order chi connectivity index (χ1) is 16.2. The van der Waals surface area contributed by atoms with E-state index in [9.17, 15) is 19.2 Å². The van der Waals surface area contributed by atoms with Crippen LogP contribution in [0.4, 0.5) is 10.5 Å². The number of nitrogens with zero attached hydrogens (tertiary/aromatic N) is 2. The minimum Gasteiger partial charge on any atom is -0.465 e. The van der Waals surface area contributed by atoms with Crippen LogP contribution in [-0.4, -0.2) is 35.5 Å². The number of carbonyl (C=O) groups excluding carboxylic acids is 4. The van der Waals surface area contributed by atoms with Gasteiger partial charge >= 0.3 is 12.0 Å². The fraction of sp³-hybridized carbons (Fsp3) is 0.154. The molecule has 0 saturated carbocycles. The van der Waals surface area contributed by atoms with Gasteiger partial charge in [-0.1, -0.05) is 18.2 Å². The van der Waals surface area contributed by atoms with Crippen molar-refractivity contribution in [1.29, 1.82) is 0 Å². The van der Waals surface area contributed by atoms with Crippen LogP contribution in [0.5, 0.6) is 0 Å². The number of rotatable bonds is 4. The Balaban J connectivity index is 1.73. The van der Waals surface area contributed by atoms with Gasteiger partial charge in [0.25, 0.3) is 11.8 Å². The number of benzene rings is 2. The third kappa shape index (κ3) is 3.90. The molecule has 8 nitrogen and oxygen atoms in total. The molecule has 1 N–H and O–H groups in total. The molecule has 1 fully saturated rings. The number of nitrogens with one attached hydrogen (secondary N) is 1. The maximum absolute atomic E-state index is 13.2. The van der Waals surface area contributed by atoms with Crippen LogP contribution < -0.4 is 10.2 Å². The van der Waals surface area contributed by atoms with Crippen molar-refractivity contribution in [2.24, 2.45) is 0 Å². The first kappa shape index (κ1) is 22.7. The van der Waals surface area contributed by atoms with Gasteiger partial charge in [0.2, 0.25) is 0 Å². The number of para-hydroxylation sites is 1. The lowest BCUT2D eigenvalue weighted by Crippen LogP contribution is -2.54. The number of methoxy groups -OCH3 is 1. The summed E-state index contributed by atoms with van der Waals surface area (Å²) < 4.78 is 6.69. The standard InChI is InChI=1S/C26H23N3O5/c1-15-7-5-6-8-22(15)29-24(31)21(23(30)27-26(29)33)14-19-13-16(2)28(17(19)3)20-11-9-18(10-12-20)25(32)34-4/h5-14H,1-4H3,(H,27,30,33)/b21-14-. The molecule has 4 amide bonds. The van der Waals surface area contributed by atoms with Crippen molar-refractivity contribution in [2.75, 3.05) is 12.0 Å². The van der Waals surface area contributed by atoms with Gasteiger partial charge in [-0.15, -0.1) is 0 Å². The summed E-state index contributed by atoms with van der Waals surface area (Å²) in [5.41, 5.74) is 4.57. The third-order valence-corrected chi connectivity index (χ3v) is 5.77. The molecule has 2 heterocycles. The Kier molecular flexibility index (Phi) is 5.89. The summed E-state index contributed by atoms with van der Waals surface area (Å²) in [6.45, 7) is 5.55. The second-order valence-electron chi connectivity index (χ2n) is 7.94. The molecule has 0 bridgehead atoms. The molecule has 4 rings (SSSR count). The topological polar surface area (TPSA) is 97.7 Å². The molecule has 1 aliphatic heterocycles. The zero-order valence-electron chi connectivity index (χ0n) is 19.2. The van der Waals surface area contributed by atoms with Crippen molar-refractivity contribution in [1.82, 2.24) is 9.88 Å². The van der Waals surface area contributed by atoms with Gasteiger partial charge in [-0.05, 0) is 74.4 Å². The van der Waals surface area contributed by atoms with Gasteiger partial charge in [0, 0.05) is 17.1 Å². The van der Waals surface area contributed by atoms with Crippen LogP contribution in [0.3, 0.4) is 0 Å². The number of anilines is 1. The third-order valence-electron chi connectivity index (χ3n) is 5.77. The van der Waals surface area contributed by atoms with Crippen LogP contribution in [-0.2, 0) is 14.3 Å². The zero-order valence-corrected chi connectivity index (χ0v) is 19.2. The van der Waals surface area contributed by atoms with E-state index in [2.05, 4.69) is 5.32 Å². The van der Waals surface area contributed by atoms with Gasteiger partial charge in [-0.25, -0.2) is 14.5 Å². The van der Waals surface area contributed by atoms with Gasteiger partial charge in [-0.3, -0.25) is 14.9 Å². The lowest BCUT2D eigenvalue weighted by Gasteiger charge is -2.27. The highest BCUT2D eigenvalue weighted by Gasteiger charge is 2.37. The number of urea groups is 1. The smallest absolute Gasteiger partial charge is 0.337 e. The molecule has 1 saturated heterocycles. The van der Waals surface area contributed by atoms with Crippen molar-refractivity contribution in [3.63, 3.8) is 0 Å². The Morgan fingerprint density at radius 2 is 1.65 bits per heavy atom. The van der Waals surface area contributed by atoms with Crippen LogP contribution in [0, 0.1) is 20.8 Å². The summed E-state index contributed by atoms with van der Waals surface area (Å²) in [6, 6.07) is 15.0. The van der Waals surface area contributed by atoms with Crippen molar-refractivity contribution in [2.45, 2.75) is 20.8 Å². The minimum absolute atomic E-state index is 0.135. The summed E-state index contributed by atoms with van der Waals surface area (Å²) in [6.07, 6.45) is 1.50. The van der Waals surface area contributed by atoms with E-state index in [1.54, 1.807) is 55.5 Å². The fourth-order valence-corrected chi connectivity index (χ4v) is 4.04. The Morgan fingerprint density at radius 1 is 0.971 bits per heavy atom. The van der Waals surface area contributed by atoms with E-state index in [4.69, 9.17) is 4.74 Å². The maximum atomic E-state index is 13.2. The van der Waals surface area contributed by atoms with Gasteiger partial charge in [0.05, 0.1) is 18.4 Å². The molecule has 0 atom stereocenters. The van der Waals surface area contributed by atoms with E-state index in [1.807, 2.05) is 24.5 Å². The lowest BCUT2D eigenvalue weighted by molar-refractivity contribution is -0.122. The van der Waals surface area contributed by atoms with E-state index < -0.39 is 23.8 Å². The van der Waals surface area contributed by atoms with Gasteiger partial charge in [0.15, 0.2) is 0 Å². The van der Waals surface area contributed by atoms with E-state index in [-0.39, 0.29) is 5.57 Å². The Labute approximate surface area is 196 Å². The number of carbonyl (C=O) groups is 4. The highest BCUT2D eigenvalue weighted by Crippen LogP contribution is 2.27. The molecular formula is C26H23N3O5. The predicted octanol–water partition coefficient (Wildman–Crippen LogP) is 3.86. The number of barbiturate groups is 1. The summed E-state index contributed by atoms with van der Waals surface area (Å²) in [5, 5.41) is 2.26. The number of aryl methyl sites for hydroxylation is 2. The number of ether oxygens (including phenoxy) is 1. The number of hydrogen-bond donors (Lipinski definition) is 1. The number of esters is 1. The molecule has 2 aromatic carbocycles. The van der Waals surface area contributed by atoms with Gasteiger partial charge < -0.3 is 9.30 Å². The molecular weight excluding hydrogens is 434 g/mol. The van der Waals surface area contributed by atoms with Crippen LogP contribution in [0.25, 0.3) is 11.8 Å². The Bertz CT molecular complexity index is 1370. The molecule has 8 heteroatoms. The first-order valence-corrected chi connectivity index (χ1v) is 10.6. The van der Waals surface area contributed by atoms with E-state index in [1.165, 1.54) is 13.2 Å². The lowest BCUT2D eigenvalue weighted by atomic mass is 10.1. The summed E-state index contributed by atoms with van der Waals surface area (Å²) >= 11 is 0. The van der Waals surface area contributed by atoms with Gasteiger partial charge in [-0.2, -0.15) is 0 Å². The van der Waals surface area contributed by atoms with Crippen molar-refractivity contribution in [3.8, 4) is 5.69 Å². The van der Waals surface area contributed by atoms with Crippen molar-refractivity contribution >= 4 is 35.6 Å². The normalized spacial score (nSPS) is 15.0. The molecule has 3 aromatic rings. The van der Waals surface area contributed by atoms with Gasteiger partial charge in [0.1, 0.15) is 5.57 Å². The predicted molar refractivity (Wildman–Crippen MR) is 127 cm³/mol. The number of amides is 4. The average molecular weight is 457 g/mol. The molecule has 34 heavy (non-hydrogen) atoms. The summed E-state index contributed by atoms with van der Waals surface area (Å²) in [4.78, 5) is 51.0. The summed E-state index contributed by atoms with van der Waals surface area (Å²) in [5.74, 6) is -1.85. The number of aromatic nitrogens is 1. The van der Waals surface area contributed by atoms with Crippen LogP contribution >= 0.6 is 0 Å². The second-order valence-corrected chi connectivity index (χ2v) is 7.94. The SMILES string of the molecule is COC(=O)c1ccc(-n2c(C)cc(/C=C3/C(=O)NC(=O)N(c4ccccc4C)C3=O)c2C)cc1. The first-order valence-electron chi connectivity index (χ1n) is 10.6. The highest BCUT2D eigenvalue weighted by atomic mass is 16.5.